The third-order valence-corrected chi connectivity index (χ3v) is 2.06. The number of ether oxygens (including phenoxy) is 1. The number of rotatable bonds is 7. The standard InChI is InChI=1S/C12H25N3O2.HI/c1-5-17-11(16)7-6-8-14-12(13-4)15-9-10(2)3;/h10H,5-9H2,1-4H3,(H2,13,14,15);1H. The number of esters is 1. The topological polar surface area (TPSA) is 62.7 Å². The van der Waals surface area contributed by atoms with Gasteiger partial charge in [0, 0.05) is 26.6 Å². The first-order valence-corrected chi connectivity index (χ1v) is 6.20. The Morgan fingerprint density at radius 3 is 2.50 bits per heavy atom. The van der Waals surface area contributed by atoms with E-state index in [1.807, 2.05) is 6.92 Å². The highest BCUT2D eigenvalue weighted by Gasteiger charge is 2.02. The molecule has 0 aliphatic carbocycles. The summed E-state index contributed by atoms with van der Waals surface area (Å²) in [7, 11) is 1.74. The number of hydrogen-bond acceptors (Lipinski definition) is 3. The summed E-state index contributed by atoms with van der Waals surface area (Å²) in [5.41, 5.74) is 0. The van der Waals surface area contributed by atoms with Crippen LogP contribution in [0.5, 0.6) is 0 Å². The number of carbonyl (C=O) groups excluding carboxylic acids is 1. The maximum absolute atomic E-state index is 11.1. The third kappa shape index (κ3) is 11.9. The number of guanidine groups is 1. The lowest BCUT2D eigenvalue weighted by atomic mass is 10.2. The molecule has 0 saturated carbocycles. The second kappa shape index (κ2) is 12.9. The lowest BCUT2D eigenvalue weighted by Gasteiger charge is -2.13. The number of aliphatic imine (C=N–C) groups is 1. The van der Waals surface area contributed by atoms with Crippen molar-refractivity contribution < 1.29 is 9.53 Å². The van der Waals surface area contributed by atoms with E-state index < -0.39 is 0 Å². The van der Waals surface area contributed by atoms with Crippen molar-refractivity contribution in [2.24, 2.45) is 10.9 Å². The van der Waals surface area contributed by atoms with Crippen LogP contribution in [0.15, 0.2) is 4.99 Å². The van der Waals surface area contributed by atoms with Gasteiger partial charge in [-0.15, -0.1) is 24.0 Å². The summed E-state index contributed by atoms with van der Waals surface area (Å²) in [5, 5.41) is 6.36. The Labute approximate surface area is 127 Å². The minimum absolute atomic E-state index is 0. The smallest absolute Gasteiger partial charge is 0.305 e. The Morgan fingerprint density at radius 2 is 2.00 bits per heavy atom. The molecule has 0 aromatic heterocycles. The fourth-order valence-electron chi connectivity index (χ4n) is 1.19. The van der Waals surface area contributed by atoms with Gasteiger partial charge in [-0.1, -0.05) is 13.8 Å². The van der Waals surface area contributed by atoms with Gasteiger partial charge in [-0.05, 0) is 19.3 Å². The van der Waals surface area contributed by atoms with Gasteiger partial charge in [0.05, 0.1) is 6.61 Å². The highest BCUT2D eigenvalue weighted by atomic mass is 127. The second-order valence-electron chi connectivity index (χ2n) is 4.18. The molecule has 0 amide bonds. The molecule has 0 unspecified atom stereocenters. The molecule has 6 heteroatoms. The van der Waals surface area contributed by atoms with Crippen molar-refractivity contribution in [3.63, 3.8) is 0 Å². The minimum atomic E-state index is -0.139. The van der Waals surface area contributed by atoms with Crippen molar-refractivity contribution >= 4 is 35.9 Å². The molecule has 108 valence electrons. The summed E-state index contributed by atoms with van der Waals surface area (Å²) in [6.07, 6.45) is 1.20. The van der Waals surface area contributed by atoms with E-state index in [9.17, 15) is 4.79 Å². The predicted molar refractivity (Wildman–Crippen MR) is 85.5 cm³/mol. The van der Waals surface area contributed by atoms with E-state index >= 15 is 0 Å². The quantitative estimate of drug-likeness (QED) is 0.235. The van der Waals surface area contributed by atoms with Crippen LogP contribution in [0.4, 0.5) is 0 Å². The third-order valence-electron chi connectivity index (χ3n) is 2.06. The highest BCUT2D eigenvalue weighted by molar-refractivity contribution is 14.0. The van der Waals surface area contributed by atoms with Gasteiger partial charge in [-0.25, -0.2) is 0 Å². The number of halogens is 1. The molecule has 0 saturated heterocycles. The highest BCUT2D eigenvalue weighted by Crippen LogP contribution is 1.91. The summed E-state index contributed by atoms with van der Waals surface area (Å²) < 4.78 is 4.84. The van der Waals surface area contributed by atoms with Gasteiger partial charge >= 0.3 is 5.97 Å². The Morgan fingerprint density at radius 1 is 1.33 bits per heavy atom. The van der Waals surface area contributed by atoms with Crippen molar-refractivity contribution in [1.82, 2.24) is 10.6 Å². The SMILES string of the molecule is CCOC(=O)CCCNC(=NC)NCC(C)C.I. The first kappa shape index (κ1) is 19.8. The van der Waals surface area contributed by atoms with Crippen molar-refractivity contribution in [2.75, 3.05) is 26.7 Å². The van der Waals surface area contributed by atoms with Crippen LogP contribution in [0.2, 0.25) is 0 Å². The molecule has 0 aromatic rings. The summed E-state index contributed by atoms with van der Waals surface area (Å²) in [6.45, 7) is 8.15. The monoisotopic (exact) mass is 371 g/mol. The zero-order valence-electron chi connectivity index (χ0n) is 11.8. The molecule has 0 atom stereocenters. The Bertz CT molecular complexity index is 245. The number of hydrogen-bond donors (Lipinski definition) is 2. The second-order valence-corrected chi connectivity index (χ2v) is 4.18. The molecule has 2 N–H and O–H groups in total. The van der Waals surface area contributed by atoms with E-state index in [-0.39, 0.29) is 29.9 Å². The van der Waals surface area contributed by atoms with Crippen LogP contribution in [0.1, 0.15) is 33.6 Å². The average Bonchev–Trinajstić information content (AvgIpc) is 2.28. The van der Waals surface area contributed by atoms with Gasteiger partial charge < -0.3 is 15.4 Å². The van der Waals surface area contributed by atoms with E-state index in [0.717, 1.165) is 25.5 Å². The minimum Gasteiger partial charge on any atom is -0.466 e. The summed E-state index contributed by atoms with van der Waals surface area (Å²) in [5.74, 6) is 1.22. The van der Waals surface area contributed by atoms with E-state index in [0.29, 0.717) is 18.9 Å². The lowest BCUT2D eigenvalue weighted by molar-refractivity contribution is -0.143. The van der Waals surface area contributed by atoms with Gasteiger partial charge in [0.1, 0.15) is 0 Å². The molecule has 0 heterocycles. The molecular formula is C12H26IN3O2. The predicted octanol–water partition coefficient (Wildman–Crippen LogP) is 1.77. The van der Waals surface area contributed by atoms with Crippen molar-refractivity contribution in [3.05, 3.63) is 0 Å². The molecular weight excluding hydrogens is 345 g/mol. The molecule has 0 bridgehead atoms. The Hall–Kier alpha value is -0.530. The van der Waals surface area contributed by atoms with Crippen LogP contribution >= 0.6 is 24.0 Å². The molecule has 0 aliphatic rings. The first-order chi connectivity index (χ1) is 8.10. The molecule has 5 nitrogen and oxygen atoms in total. The summed E-state index contributed by atoms with van der Waals surface area (Å²) >= 11 is 0. The van der Waals surface area contributed by atoms with Crippen molar-refractivity contribution in [1.29, 1.82) is 0 Å². The number of nitrogens with one attached hydrogen (secondary N) is 2. The van der Waals surface area contributed by atoms with Crippen LogP contribution in [0, 0.1) is 5.92 Å². The lowest BCUT2D eigenvalue weighted by Crippen LogP contribution is -2.39. The molecule has 18 heavy (non-hydrogen) atoms. The van der Waals surface area contributed by atoms with E-state index in [1.165, 1.54) is 0 Å². The fourth-order valence-corrected chi connectivity index (χ4v) is 1.19. The van der Waals surface area contributed by atoms with Crippen molar-refractivity contribution in [2.45, 2.75) is 33.6 Å². The number of carbonyl (C=O) groups is 1. The zero-order chi connectivity index (χ0) is 13.1. The van der Waals surface area contributed by atoms with E-state index in [4.69, 9.17) is 4.74 Å². The summed E-state index contributed by atoms with van der Waals surface area (Å²) in [6, 6.07) is 0. The molecule has 0 radical (unpaired) electrons. The van der Waals surface area contributed by atoms with E-state index in [1.54, 1.807) is 7.05 Å². The molecule has 0 aliphatic heterocycles. The van der Waals surface area contributed by atoms with Crippen LogP contribution in [0.25, 0.3) is 0 Å². The van der Waals surface area contributed by atoms with Crippen LogP contribution in [-0.4, -0.2) is 38.7 Å². The number of nitrogens with zero attached hydrogens (tertiary/aromatic N) is 1. The van der Waals surface area contributed by atoms with Gasteiger partial charge in [0.15, 0.2) is 5.96 Å². The maximum Gasteiger partial charge on any atom is 0.305 e. The zero-order valence-corrected chi connectivity index (χ0v) is 14.1. The van der Waals surface area contributed by atoms with Crippen LogP contribution in [-0.2, 0) is 9.53 Å². The molecule has 0 fully saturated rings. The first-order valence-electron chi connectivity index (χ1n) is 6.20. The Kier molecular flexibility index (Phi) is 14.2. The van der Waals surface area contributed by atoms with Crippen molar-refractivity contribution in [3.8, 4) is 0 Å². The molecule has 0 spiro atoms. The maximum atomic E-state index is 11.1. The van der Waals surface area contributed by atoms with Gasteiger partial charge in [-0.3, -0.25) is 9.79 Å². The van der Waals surface area contributed by atoms with Crippen LogP contribution < -0.4 is 10.6 Å². The fraction of sp³-hybridized carbons (Fsp3) is 0.833. The normalized spacial score (nSPS) is 10.8. The van der Waals surface area contributed by atoms with Gasteiger partial charge in [0.25, 0.3) is 0 Å². The van der Waals surface area contributed by atoms with Gasteiger partial charge in [0.2, 0.25) is 0 Å². The molecule has 0 rings (SSSR count). The van der Waals surface area contributed by atoms with E-state index in [2.05, 4.69) is 29.5 Å². The largest absolute Gasteiger partial charge is 0.466 e. The molecule has 0 aromatic carbocycles. The Balaban J connectivity index is 0. The average molecular weight is 371 g/mol. The summed E-state index contributed by atoms with van der Waals surface area (Å²) in [4.78, 5) is 15.2. The van der Waals surface area contributed by atoms with Crippen LogP contribution in [0.3, 0.4) is 0 Å². The van der Waals surface area contributed by atoms with Gasteiger partial charge in [-0.2, -0.15) is 0 Å².